The van der Waals surface area contributed by atoms with Crippen LogP contribution in [0.25, 0.3) is 10.2 Å². The molecule has 1 aromatic heterocycles. The van der Waals surface area contributed by atoms with E-state index >= 15 is 0 Å². The Morgan fingerprint density at radius 2 is 1.72 bits per heavy atom. The van der Waals surface area contributed by atoms with Crippen LogP contribution in [-0.4, -0.2) is 41.7 Å². The molecular weight excluding hydrogens is 450 g/mol. The van der Waals surface area contributed by atoms with Crippen LogP contribution in [0.4, 0.5) is 5.13 Å². The zero-order valence-corrected chi connectivity index (χ0v) is 20.1. The average molecular weight is 476 g/mol. The molecule has 0 spiro atoms. The second-order valence-electron chi connectivity index (χ2n) is 7.71. The van der Waals surface area contributed by atoms with Crippen LogP contribution < -0.4 is 10.1 Å². The monoisotopic (exact) mass is 475 g/mol. The van der Waals surface area contributed by atoms with Crippen molar-refractivity contribution in [3.8, 4) is 5.75 Å². The lowest BCUT2D eigenvalue weighted by Crippen LogP contribution is -2.41. The molecule has 0 atom stereocenters. The molecule has 10 heteroatoms. The van der Waals surface area contributed by atoms with Gasteiger partial charge in [-0.25, -0.2) is 13.4 Å². The summed E-state index contributed by atoms with van der Waals surface area (Å²) < 4.78 is 33.5. The number of sulfonamides is 1. The van der Waals surface area contributed by atoms with Crippen molar-refractivity contribution in [3.63, 3.8) is 0 Å². The Bertz CT molecular complexity index is 1260. The Labute approximate surface area is 191 Å². The van der Waals surface area contributed by atoms with Gasteiger partial charge in [0.1, 0.15) is 5.75 Å². The number of carbonyl (C=O) groups excluding carboxylic acids is 2. The first kappa shape index (κ1) is 23.8. The zero-order chi connectivity index (χ0) is 23.6. The van der Waals surface area contributed by atoms with Gasteiger partial charge in [-0.2, -0.15) is 4.31 Å². The summed E-state index contributed by atoms with van der Waals surface area (Å²) in [6.07, 6.45) is 0. The quantitative estimate of drug-likeness (QED) is 0.404. The Morgan fingerprint density at radius 1 is 1.06 bits per heavy atom. The molecule has 1 N–H and O–H groups in total. The highest BCUT2D eigenvalue weighted by atomic mass is 32.2. The van der Waals surface area contributed by atoms with Gasteiger partial charge in [0.05, 0.1) is 20.7 Å². The van der Waals surface area contributed by atoms with E-state index < -0.39 is 21.9 Å². The minimum atomic E-state index is -3.69. The lowest BCUT2D eigenvalue weighted by atomic mass is 10.2. The van der Waals surface area contributed by atoms with E-state index in [0.29, 0.717) is 15.3 Å². The van der Waals surface area contributed by atoms with Gasteiger partial charge in [0.2, 0.25) is 10.0 Å². The number of hydrogen-bond donors (Lipinski definition) is 1. The van der Waals surface area contributed by atoms with Crippen molar-refractivity contribution >= 4 is 48.6 Å². The number of thiazole rings is 1. The fraction of sp³-hybridized carbons (Fsp3) is 0.318. The molecule has 32 heavy (non-hydrogen) atoms. The summed E-state index contributed by atoms with van der Waals surface area (Å²) in [6.45, 7) is 8.61. The van der Waals surface area contributed by atoms with Gasteiger partial charge in [-0.15, -0.1) is 0 Å². The third-order valence-electron chi connectivity index (χ3n) is 4.56. The molecule has 8 nitrogen and oxygen atoms in total. The highest BCUT2D eigenvalue weighted by Crippen LogP contribution is 2.31. The highest BCUT2D eigenvalue weighted by molar-refractivity contribution is 7.89. The van der Waals surface area contributed by atoms with Crippen LogP contribution in [0, 0.1) is 0 Å². The van der Waals surface area contributed by atoms with Gasteiger partial charge in [0.15, 0.2) is 5.13 Å². The minimum absolute atomic E-state index is 0.148. The predicted octanol–water partition coefficient (Wildman–Crippen LogP) is 4.28. The molecule has 0 unspecified atom stereocenters. The average Bonchev–Trinajstić information content (AvgIpc) is 3.08. The largest absolute Gasteiger partial charge is 0.426 e. The first-order valence-electron chi connectivity index (χ1n) is 10.0. The van der Waals surface area contributed by atoms with Crippen LogP contribution in [0.5, 0.6) is 5.75 Å². The summed E-state index contributed by atoms with van der Waals surface area (Å²) in [5.74, 6) is -0.871. The first-order chi connectivity index (χ1) is 15.0. The topological polar surface area (TPSA) is 106 Å². The van der Waals surface area contributed by atoms with Crippen molar-refractivity contribution in [2.24, 2.45) is 0 Å². The normalized spacial score (nSPS) is 12.0. The zero-order valence-electron chi connectivity index (χ0n) is 18.4. The molecule has 0 aliphatic rings. The Hall–Kier alpha value is -2.82. The fourth-order valence-electron chi connectivity index (χ4n) is 3.45. The van der Waals surface area contributed by atoms with E-state index in [-0.39, 0.29) is 28.3 Å². The summed E-state index contributed by atoms with van der Waals surface area (Å²) in [4.78, 5) is 28.6. The molecule has 0 aliphatic carbocycles. The maximum absolute atomic E-state index is 13.2. The number of aromatic nitrogens is 1. The molecule has 0 bridgehead atoms. The molecule has 0 saturated carbocycles. The molecular formula is C22H25N3O5S2. The van der Waals surface area contributed by atoms with E-state index in [4.69, 9.17) is 4.74 Å². The molecule has 2 aromatic carbocycles. The van der Waals surface area contributed by atoms with Crippen LogP contribution >= 0.6 is 11.3 Å². The molecule has 3 aromatic rings. The maximum atomic E-state index is 13.2. The van der Waals surface area contributed by atoms with E-state index in [1.165, 1.54) is 40.8 Å². The van der Waals surface area contributed by atoms with Gasteiger partial charge in [-0.1, -0.05) is 23.5 Å². The van der Waals surface area contributed by atoms with E-state index in [1.807, 2.05) is 27.7 Å². The number of esters is 1. The number of ether oxygens (including phenoxy) is 1. The van der Waals surface area contributed by atoms with Crippen molar-refractivity contribution in [2.45, 2.75) is 51.6 Å². The Balaban J connectivity index is 1.91. The third kappa shape index (κ3) is 4.98. The van der Waals surface area contributed by atoms with Crippen LogP contribution in [0.1, 0.15) is 45.0 Å². The number of amides is 1. The highest BCUT2D eigenvalue weighted by Gasteiger charge is 2.29. The predicted molar refractivity (Wildman–Crippen MR) is 125 cm³/mol. The molecule has 1 amide bonds. The number of nitrogens with zero attached hydrogens (tertiary/aromatic N) is 2. The van der Waals surface area contributed by atoms with E-state index in [1.54, 1.807) is 24.3 Å². The van der Waals surface area contributed by atoms with E-state index in [2.05, 4.69) is 10.3 Å². The van der Waals surface area contributed by atoms with Gasteiger partial charge in [0, 0.05) is 19.0 Å². The summed E-state index contributed by atoms with van der Waals surface area (Å²) in [5, 5.41) is 3.00. The second kappa shape index (κ2) is 9.35. The lowest BCUT2D eigenvalue weighted by Gasteiger charge is -2.29. The van der Waals surface area contributed by atoms with Gasteiger partial charge in [-0.3, -0.25) is 14.9 Å². The van der Waals surface area contributed by atoms with Crippen molar-refractivity contribution in [1.29, 1.82) is 0 Å². The fourth-order valence-corrected chi connectivity index (χ4v) is 6.29. The molecule has 3 rings (SSSR count). The lowest BCUT2D eigenvalue weighted by molar-refractivity contribution is -0.131. The molecule has 0 saturated heterocycles. The number of anilines is 1. The van der Waals surface area contributed by atoms with E-state index in [9.17, 15) is 18.0 Å². The van der Waals surface area contributed by atoms with Crippen LogP contribution in [0.2, 0.25) is 0 Å². The number of para-hydroxylation sites is 1. The van der Waals surface area contributed by atoms with Crippen LogP contribution in [-0.2, 0) is 14.8 Å². The number of nitrogens with one attached hydrogen (secondary N) is 1. The molecule has 0 radical (unpaired) electrons. The van der Waals surface area contributed by atoms with Gasteiger partial charge >= 0.3 is 5.97 Å². The SMILES string of the molecule is CC(=O)Oc1ccccc1C(=O)Nc1nc2ccc(S(=O)(=O)N(C(C)C)C(C)C)cc2s1. The van der Waals surface area contributed by atoms with E-state index in [0.717, 1.165) is 0 Å². The van der Waals surface area contributed by atoms with Gasteiger partial charge in [-0.05, 0) is 58.0 Å². The van der Waals surface area contributed by atoms with Gasteiger partial charge < -0.3 is 4.74 Å². The first-order valence-corrected chi connectivity index (χ1v) is 12.3. The summed E-state index contributed by atoms with van der Waals surface area (Å²) in [5.41, 5.74) is 0.757. The summed E-state index contributed by atoms with van der Waals surface area (Å²) in [6, 6.07) is 10.7. The van der Waals surface area contributed by atoms with Crippen LogP contribution in [0.3, 0.4) is 0 Å². The second-order valence-corrected chi connectivity index (χ2v) is 10.6. The Morgan fingerprint density at radius 3 is 2.34 bits per heavy atom. The van der Waals surface area contributed by atoms with Crippen LogP contribution in [0.15, 0.2) is 47.4 Å². The molecule has 0 fully saturated rings. The number of carbonyl (C=O) groups is 2. The van der Waals surface area contributed by atoms with Crippen molar-refractivity contribution in [2.75, 3.05) is 5.32 Å². The van der Waals surface area contributed by atoms with Crippen molar-refractivity contribution in [1.82, 2.24) is 9.29 Å². The van der Waals surface area contributed by atoms with Crippen molar-refractivity contribution in [3.05, 3.63) is 48.0 Å². The molecule has 170 valence electrons. The number of benzene rings is 2. The van der Waals surface area contributed by atoms with Crippen molar-refractivity contribution < 1.29 is 22.7 Å². The smallest absolute Gasteiger partial charge is 0.308 e. The standard InChI is InChI=1S/C22H25N3O5S2/c1-13(2)25(14(3)4)32(28,29)16-10-11-18-20(12-16)31-22(23-18)24-21(27)17-8-6-7-9-19(17)30-15(5)26/h6-14H,1-5H3,(H,23,24,27). The summed E-state index contributed by atoms with van der Waals surface area (Å²) >= 11 is 1.17. The minimum Gasteiger partial charge on any atom is -0.426 e. The molecule has 1 heterocycles. The number of hydrogen-bond acceptors (Lipinski definition) is 7. The maximum Gasteiger partial charge on any atom is 0.308 e. The van der Waals surface area contributed by atoms with Gasteiger partial charge in [0.25, 0.3) is 5.91 Å². The summed E-state index contributed by atoms with van der Waals surface area (Å²) in [7, 11) is -3.69. The molecule has 0 aliphatic heterocycles. The number of rotatable bonds is 7. The third-order valence-corrected chi connectivity index (χ3v) is 7.74. The number of fused-ring (bicyclic) bond motifs is 1. The Kier molecular flexibility index (Phi) is 6.97.